The average Bonchev–Trinajstić information content (AvgIpc) is 2.43. The van der Waals surface area contributed by atoms with Crippen LogP contribution >= 0.6 is 11.6 Å². The van der Waals surface area contributed by atoms with Gasteiger partial charge in [0, 0.05) is 29.9 Å². The lowest BCUT2D eigenvalue weighted by molar-refractivity contribution is -0.116. The van der Waals surface area contributed by atoms with E-state index in [9.17, 15) is 4.79 Å². The molecule has 1 aromatic carbocycles. The van der Waals surface area contributed by atoms with E-state index in [0.717, 1.165) is 29.0 Å². The second-order valence-electron chi connectivity index (χ2n) is 4.74. The summed E-state index contributed by atoms with van der Waals surface area (Å²) in [5, 5.41) is 3.24. The number of hydrogen-bond donors (Lipinski definition) is 1. The van der Waals surface area contributed by atoms with Crippen LogP contribution in [-0.2, 0) is 11.2 Å². The molecular formula is C15H13ClN2O2. The summed E-state index contributed by atoms with van der Waals surface area (Å²) in [6.45, 7) is 1.91. The molecule has 1 N–H and O–H groups in total. The zero-order chi connectivity index (χ0) is 14.1. The quantitative estimate of drug-likeness (QED) is 0.857. The predicted molar refractivity (Wildman–Crippen MR) is 77.5 cm³/mol. The number of pyridine rings is 1. The van der Waals surface area contributed by atoms with Crippen LogP contribution in [0.1, 0.15) is 17.5 Å². The number of aryl methyl sites for hydroxylation is 2. The first-order valence-electron chi connectivity index (χ1n) is 6.34. The summed E-state index contributed by atoms with van der Waals surface area (Å²) in [4.78, 5) is 15.3. The predicted octanol–water partition coefficient (Wildman–Crippen LogP) is 3.72. The van der Waals surface area contributed by atoms with E-state index in [1.807, 2.05) is 25.1 Å². The Hall–Kier alpha value is -2.07. The molecule has 0 unspecified atom stereocenters. The molecule has 1 aliphatic rings. The Morgan fingerprint density at radius 2 is 2.15 bits per heavy atom. The van der Waals surface area contributed by atoms with Gasteiger partial charge in [-0.25, -0.2) is 4.98 Å². The fourth-order valence-electron chi connectivity index (χ4n) is 2.14. The molecule has 0 atom stereocenters. The van der Waals surface area contributed by atoms with E-state index in [-0.39, 0.29) is 5.91 Å². The number of hydrogen-bond acceptors (Lipinski definition) is 3. The van der Waals surface area contributed by atoms with E-state index >= 15 is 0 Å². The SMILES string of the molecule is Cc1cnc(Cl)cc1Oc1ccc2c(c1)CCC(=O)N2. The molecule has 2 heterocycles. The van der Waals surface area contributed by atoms with Gasteiger partial charge in [-0.1, -0.05) is 11.6 Å². The highest BCUT2D eigenvalue weighted by atomic mass is 35.5. The summed E-state index contributed by atoms with van der Waals surface area (Å²) < 4.78 is 5.85. The third kappa shape index (κ3) is 2.60. The van der Waals surface area contributed by atoms with Crippen LogP contribution in [0.4, 0.5) is 5.69 Å². The summed E-state index contributed by atoms with van der Waals surface area (Å²) in [6, 6.07) is 7.33. The molecule has 0 aliphatic carbocycles. The molecule has 2 aromatic rings. The molecule has 0 radical (unpaired) electrons. The maximum Gasteiger partial charge on any atom is 0.224 e. The molecule has 1 aliphatic heterocycles. The maximum absolute atomic E-state index is 11.3. The second kappa shape index (κ2) is 5.13. The number of carbonyl (C=O) groups excluding carboxylic acids is 1. The largest absolute Gasteiger partial charge is 0.457 e. The van der Waals surface area contributed by atoms with Crippen LogP contribution in [-0.4, -0.2) is 10.9 Å². The first kappa shape index (κ1) is 12.9. The molecule has 3 rings (SSSR count). The monoisotopic (exact) mass is 288 g/mol. The number of fused-ring (bicyclic) bond motifs is 1. The van der Waals surface area contributed by atoms with E-state index in [1.165, 1.54) is 0 Å². The molecule has 0 fully saturated rings. The first-order valence-corrected chi connectivity index (χ1v) is 6.72. The molecule has 1 amide bonds. The number of rotatable bonds is 2. The number of amides is 1. The molecule has 5 heteroatoms. The summed E-state index contributed by atoms with van der Waals surface area (Å²) >= 11 is 5.88. The average molecular weight is 289 g/mol. The Kier molecular flexibility index (Phi) is 3.32. The van der Waals surface area contributed by atoms with Crippen molar-refractivity contribution >= 4 is 23.2 Å². The first-order chi connectivity index (χ1) is 9.61. The molecule has 0 spiro atoms. The Balaban J connectivity index is 1.88. The Labute approximate surface area is 121 Å². The lowest BCUT2D eigenvalue weighted by Crippen LogP contribution is -2.18. The lowest BCUT2D eigenvalue weighted by atomic mass is 10.0. The van der Waals surface area contributed by atoms with E-state index in [2.05, 4.69) is 10.3 Å². The van der Waals surface area contributed by atoms with Gasteiger partial charge in [-0.15, -0.1) is 0 Å². The highest BCUT2D eigenvalue weighted by molar-refractivity contribution is 6.29. The van der Waals surface area contributed by atoms with Crippen LogP contribution in [0.2, 0.25) is 5.15 Å². The summed E-state index contributed by atoms with van der Waals surface area (Å²) in [5.74, 6) is 1.47. The zero-order valence-electron chi connectivity index (χ0n) is 10.9. The van der Waals surface area contributed by atoms with Crippen molar-refractivity contribution in [1.29, 1.82) is 0 Å². The highest BCUT2D eigenvalue weighted by Crippen LogP contribution is 2.31. The molecule has 20 heavy (non-hydrogen) atoms. The van der Waals surface area contributed by atoms with Crippen LogP contribution in [0.3, 0.4) is 0 Å². The van der Waals surface area contributed by atoms with Crippen molar-refractivity contribution in [2.24, 2.45) is 0 Å². The maximum atomic E-state index is 11.3. The Bertz CT molecular complexity index is 686. The number of carbonyl (C=O) groups is 1. The Morgan fingerprint density at radius 3 is 3.00 bits per heavy atom. The zero-order valence-corrected chi connectivity index (χ0v) is 11.7. The fraction of sp³-hybridized carbons (Fsp3) is 0.200. The third-order valence-corrected chi connectivity index (χ3v) is 3.43. The lowest BCUT2D eigenvalue weighted by Gasteiger charge is -2.18. The minimum atomic E-state index is 0.0583. The van der Waals surface area contributed by atoms with Gasteiger partial charge in [0.2, 0.25) is 5.91 Å². The highest BCUT2D eigenvalue weighted by Gasteiger charge is 2.15. The van der Waals surface area contributed by atoms with Gasteiger partial charge in [-0.3, -0.25) is 4.79 Å². The smallest absolute Gasteiger partial charge is 0.224 e. The Morgan fingerprint density at radius 1 is 1.30 bits per heavy atom. The molecule has 0 saturated heterocycles. The molecule has 4 nitrogen and oxygen atoms in total. The second-order valence-corrected chi connectivity index (χ2v) is 5.13. The third-order valence-electron chi connectivity index (χ3n) is 3.22. The van der Waals surface area contributed by atoms with Crippen LogP contribution < -0.4 is 10.1 Å². The standard InChI is InChI=1S/C15H13ClN2O2/c1-9-8-17-14(16)7-13(9)20-11-3-4-12-10(6-11)2-5-15(19)18-12/h3-4,6-8H,2,5H2,1H3,(H,18,19). The minimum Gasteiger partial charge on any atom is -0.457 e. The molecule has 0 saturated carbocycles. The van der Waals surface area contributed by atoms with Crippen molar-refractivity contribution in [3.63, 3.8) is 0 Å². The summed E-state index contributed by atoms with van der Waals surface area (Å²) in [5.41, 5.74) is 2.86. The van der Waals surface area contributed by atoms with Crippen LogP contribution in [0.25, 0.3) is 0 Å². The van der Waals surface area contributed by atoms with Crippen LogP contribution in [0.5, 0.6) is 11.5 Å². The van der Waals surface area contributed by atoms with Crippen LogP contribution in [0, 0.1) is 6.92 Å². The topological polar surface area (TPSA) is 51.2 Å². The van der Waals surface area contributed by atoms with Gasteiger partial charge in [-0.05, 0) is 37.1 Å². The number of benzene rings is 1. The van der Waals surface area contributed by atoms with Gasteiger partial charge in [-0.2, -0.15) is 0 Å². The van der Waals surface area contributed by atoms with E-state index in [1.54, 1.807) is 12.3 Å². The van der Waals surface area contributed by atoms with Gasteiger partial charge in [0.15, 0.2) is 0 Å². The van der Waals surface area contributed by atoms with Crippen molar-refractivity contribution in [1.82, 2.24) is 4.98 Å². The minimum absolute atomic E-state index is 0.0583. The summed E-state index contributed by atoms with van der Waals surface area (Å²) in [7, 11) is 0. The van der Waals surface area contributed by atoms with Crippen molar-refractivity contribution in [2.45, 2.75) is 19.8 Å². The van der Waals surface area contributed by atoms with Gasteiger partial charge in [0.25, 0.3) is 0 Å². The van der Waals surface area contributed by atoms with Gasteiger partial charge in [0.05, 0.1) is 0 Å². The van der Waals surface area contributed by atoms with Crippen molar-refractivity contribution in [3.05, 3.63) is 46.7 Å². The molecule has 102 valence electrons. The van der Waals surface area contributed by atoms with Crippen molar-refractivity contribution in [2.75, 3.05) is 5.32 Å². The number of nitrogens with zero attached hydrogens (tertiary/aromatic N) is 1. The number of aromatic nitrogens is 1. The van der Waals surface area contributed by atoms with Crippen molar-refractivity contribution in [3.8, 4) is 11.5 Å². The number of ether oxygens (including phenoxy) is 1. The van der Waals surface area contributed by atoms with Gasteiger partial charge >= 0.3 is 0 Å². The normalized spacial score (nSPS) is 13.6. The number of anilines is 1. The van der Waals surface area contributed by atoms with E-state index < -0.39 is 0 Å². The van der Waals surface area contributed by atoms with Gasteiger partial charge < -0.3 is 10.1 Å². The fourth-order valence-corrected chi connectivity index (χ4v) is 2.29. The van der Waals surface area contributed by atoms with E-state index in [0.29, 0.717) is 17.3 Å². The number of halogens is 1. The van der Waals surface area contributed by atoms with Crippen molar-refractivity contribution < 1.29 is 9.53 Å². The number of nitrogens with one attached hydrogen (secondary N) is 1. The van der Waals surface area contributed by atoms with Gasteiger partial charge in [0.1, 0.15) is 16.7 Å². The van der Waals surface area contributed by atoms with Crippen LogP contribution in [0.15, 0.2) is 30.5 Å². The molecule has 1 aromatic heterocycles. The van der Waals surface area contributed by atoms with E-state index in [4.69, 9.17) is 16.3 Å². The summed E-state index contributed by atoms with van der Waals surface area (Å²) in [6.07, 6.45) is 2.92. The molecular weight excluding hydrogens is 276 g/mol. The molecule has 0 bridgehead atoms.